The Labute approximate surface area is 102 Å². The Morgan fingerprint density at radius 2 is 1.94 bits per heavy atom. The first-order valence-electron chi connectivity index (χ1n) is 6.23. The summed E-state index contributed by atoms with van der Waals surface area (Å²) in [4.78, 5) is 18.0. The normalized spacial score (nSPS) is 16.4. The zero-order valence-corrected chi connectivity index (χ0v) is 10.3. The molecule has 17 heavy (non-hydrogen) atoms. The van der Waals surface area contributed by atoms with Crippen molar-refractivity contribution in [2.45, 2.75) is 32.6 Å². The molecule has 2 heterocycles. The Hall–Kier alpha value is -1.58. The number of carbonyl (C=O) groups is 1. The number of hydrogen-bond donors (Lipinski definition) is 1. The molecule has 1 N–H and O–H groups in total. The Morgan fingerprint density at radius 3 is 2.59 bits per heavy atom. The van der Waals surface area contributed by atoms with Crippen LogP contribution in [0.15, 0.2) is 18.5 Å². The molecular weight excluding hydrogens is 214 g/mol. The number of pyridine rings is 1. The molecule has 1 aliphatic rings. The summed E-state index contributed by atoms with van der Waals surface area (Å²) in [5.41, 5.74) is 1.83. The van der Waals surface area contributed by atoms with E-state index < -0.39 is 0 Å². The second-order valence-corrected chi connectivity index (χ2v) is 4.58. The molecule has 0 unspecified atom stereocenters. The highest BCUT2D eigenvalue weighted by atomic mass is 16.2. The van der Waals surface area contributed by atoms with Gasteiger partial charge in [-0.05, 0) is 31.4 Å². The van der Waals surface area contributed by atoms with E-state index in [4.69, 9.17) is 0 Å². The van der Waals surface area contributed by atoms with Crippen molar-refractivity contribution in [3.63, 3.8) is 0 Å². The number of anilines is 1. The standard InChI is InChI=1S/C13H19N3O/c1-11-8-12(10-14-9-11)15-13(17)16-6-4-2-3-5-7-16/h8-10H,2-7H2,1H3,(H,15,17). The van der Waals surface area contributed by atoms with E-state index in [0.29, 0.717) is 0 Å². The molecule has 92 valence electrons. The maximum absolute atomic E-state index is 12.0. The summed E-state index contributed by atoms with van der Waals surface area (Å²) in [6.07, 6.45) is 8.15. The summed E-state index contributed by atoms with van der Waals surface area (Å²) >= 11 is 0. The van der Waals surface area contributed by atoms with Crippen LogP contribution in [-0.2, 0) is 0 Å². The number of aromatic nitrogens is 1. The van der Waals surface area contributed by atoms with E-state index in [1.54, 1.807) is 12.4 Å². The molecule has 0 saturated carbocycles. The van der Waals surface area contributed by atoms with Crippen LogP contribution in [0.4, 0.5) is 10.5 Å². The van der Waals surface area contributed by atoms with Crippen molar-refractivity contribution in [3.8, 4) is 0 Å². The number of amides is 2. The van der Waals surface area contributed by atoms with Gasteiger partial charge >= 0.3 is 6.03 Å². The van der Waals surface area contributed by atoms with E-state index in [-0.39, 0.29) is 6.03 Å². The molecule has 1 fully saturated rings. The second kappa shape index (κ2) is 5.66. The molecule has 0 aromatic carbocycles. The molecule has 1 aromatic heterocycles. The maximum Gasteiger partial charge on any atom is 0.321 e. The first-order valence-corrected chi connectivity index (χ1v) is 6.23. The van der Waals surface area contributed by atoms with Crippen LogP contribution in [0, 0.1) is 6.92 Å². The third-order valence-electron chi connectivity index (χ3n) is 3.02. The molecule has 4 heteroatoms. The number of carbonyl (C=O) groups excluding carboxylic acids is 1. The number of rotatable bonds is 1. The fourth-order valence-corrected chi connectivity index (χ4v) is 2.10. The summed E-state index contributed by atoms with van der Waals surface area (Å²) in [6.45, 7) is 3.70. The van der Waals surface area contributed by atoms with Gasteiger partial charge < -0.3 is 10.2 Å². The average molecular weight is 233 g/mol. The van der Waals surface area contributed by atoms with Crippen molar-refractivity contribution in [3.05, 3.63) is 24.0 Å². The van der Waals surface area contributed by atoms with E-state index in [1.165, 1.54) is 12.8 Å². The van der Waals surface area contributed by atoms with E-state index in [2.05, 4.69) is 10.3 Å². The van der Waals surface area contributed by atoms with Crippen molar-refractivity contribution >= 4 is 11.7 Å². The molecule has 1 saturated heterocycles. The highest BCUT2D eigenvalue weighted by Gasteiger charge is 2.15. The summed E-state index contributed by atoms with van der Waals surface area (Å²) in [5.74, 6) is 0. The highest BCUT2D eigenvalue weighted by Crippen LogP contribution is 2.12. The van der Waals surface area contributed by atoms with Gasteiger partial charge in [-0.2, -0.15) is 0 Å². The topological polar surface area (TPSA) is 45.2 Å². The van der Waals surface area contributed by atoms with Gasteiger partial charge in [-0.1, -0.05) is 12.8 Å². The van der Waals surface area contributed by atoms with Crippen molar-refractivity contribution < 1.29 is 4.79 Å². The first kappa shape index (κ1) is 11.9. The fourth-order valence-electron chi connectivity index (χ4n) is 2.10. The molecule has 0 aliphatic carbocycles. The fraction of sp³-hybridized carbons (Fsp3) is 0.538. The lowest BCUT2D eigenvalue weighted by Crippen LogP contribution is -2.35. The minimum atomic E-state index is -0.000648. The lowest BCUT2D eigenvalue weighted by Gasteiger charge is -2.20. The minimum absolute atomic E-state index is 0.000648. The van der Waals surface area contributed by atoms with Gasteiger partial charge in [0.25, 0.3) is 0 Å². The first-order chi connectivity index (χ1) is 8.25. The smallest absolute Gasteiger partial charge is 0.321 e. The minimum Gasteiger partial charge on any atom is -0.325 e. The van der Waals surface area contributed by atoms with Crippen LogP contribution in [0.5, 0.6) is 0 Å². The largest absolute Gasteiger partial charge is 0.325 e. The monoisotopic (exact) mass is 233 g/mol. The van der Waals surface area contributed by atoms with Gasteiger partial charge in [0.2, 0.25) is 0 Å². The van der Waals surface area contributed by atoms with E-state index in [1.807, 2.05) is 17.9 Å². The van der Waals surface area contributed by atoms with Gasteiger partial charge in [0.1, 0.15) is 0 Å². The van der Waals surface area contributed by atoms with Gasteiger partial charge in [-0.15, -0.1) is 0 Å². The van der Waals surface area contributed by atoms with E-state index >= 15 is 0 Å². The van der Waals surface area contributed by atoms with Crippen LogP contribution in [0.2, 0.25) is 0 Å². The van der Waals surface area contributed by atoms with Crippen LogP contribution in [-0.4, -0.2) is 29.0 Å². The molecule has 1 aliphatic heterocycles. The van der Waals surface area contributed by atoms with E-state index in [0.717, 1.165) is 37.2 Å². The van der Waals surface area contributed by atoms with Crippen molar-refractivity contribution in [1.82, 2.24) is 9.88 Å². The average Bonchev–Trinajstić information content (AvgIpc) is 2.57. The molecule has 1 aromatic rings. The predicted molar refractivity (Wildman–Crippen MR) is 68.0 cm³/mol. The van der Waals surface area contributed by atoms with Crippen LogP contribution in [0.1, 0.15) is 31.2 Å². The van der Waals surface area contributed by atoms with Gasteiger partial charge in [-0.25, -0.2) is 4.79 Å². The Bertz CT molecular complexity index is 384. The summed E-state index contributed by atoms with van der Waals surface area (Å²) in [6, 6.07) is 1.93. The number of nitrogens with one attached hydrogen (secondary N) is 1. The molecule has 0 spiro atoms. The molecule has 4 nitrogen and oxygen atoms in total. The number of nitrogens with zero attached hydrogens (tertiary/aromatic N) is 2. The van der Waals surface area contributed by atoms with Crippen molar-refractivity contribution in [2.24, 2.45) is 0 Å². The van der Waals surface area contributed by atoms with Gasteiger partial charge in [0, 0.05) is 19.3 Å². The Morgan fingerprint density at radius 1 is 1.24 bits per heavy atom. The Kier molecular flexibility index (Phi) is 3.96. The van der Waals surface area contributed by atoms with Crippen LogP contribution >= 0.6 is 0 Å². The molecule has 0 radical (unpaired) electrons. The van der Waals surface area contributed by atoms with Crippen LogP contribution in [0.25, 0.3) is 0 Å². The lowest BCUT2D eigenvalue weighted by molar-refractivity contribution is 0.214. The number of likely N-dealkylation sites (tertiary alicyclic amines) is 1. The van der Waals surface area contributed by atoms with Crippen LogP contribution in [0.3, 0.4) is 0 Å². The van der Waals surface area contributed by atoms with Crippen LogP contribution < -0.4 is 5.32 Å². The van der Waals surface area contributed by atoms with E-state index in [9.17, 15) is 4.79 Å². The highest BCUT2D eigenvalue weighted by molar-refractivity contribution is 5.89. The predicted octanol–water partition coefficient (Wildman–Crippen LogP) is 2.80. The molecular formula is C13H19N3O. The molecule has 0 atom stereocenters. The molecule has 2 rings (SSSR count). The molecule has 2 amide bonds. The Balaban J connectivity index is 1.95. The summed E-state index contributed by atoms with van der Waals surface area (Å²) in [7, 11) is 0. The summed E-state index contributed by atoms with van der Waals surface area (Å²) in [5, 5.41) is 2.90. The van der Waals surface area contributed by atoms with Crippen molar-refractivity contribution in [2.75, 3.05) is 18.4 Å². The third kappa shape index (κ3) is 3.44. The maximum atomic E-state index is 12.0. The SMILES string of the molecule is Cc1cncc(NC(=O)N2CCCCCC2)c1. The quantitative estimate of drug-likeness (QED) is 0.810. The number of hydrogen-bond acceptors (Lipinski definition) is 2. The number of urea groups is 1. The third-order valence-corrected chi connectivity index (χ3v) is 3.02. The number of aryl methyl sites for hydroxylation is 1. The second-order valence-electron chi connectivity index (χ2n) is 4.58. The van der Waals surface area contributed by atoms with Gasteiger partial charge in [-0.3, -0.25) is 4.98 Å². The van der Waals surface area contributed by atoms with Gasteiger partial charge in [0.05, 0.1) is 11.9 Å². The zero-order chi connectivity index (χ0) is 12.1. The van der Waals surface area contributed by atoms with Gasteiger partial charge in [0.15, 0.2) is 0 Å². The molecule has 0 bridgehead atoms. The summed E-state index contributed by atoms with van der Waals surface area (Å²) < 4.78 is 0. The zero-order valence-electron chi connectivity index (χ0n) is 10.3. The van der Waals surface area contributed by atoms with Crippen molar-refractivity contribution in [1.29, 1.82) is 0 Å². The lowest BCUT2D eigenvalue weighted by atomic mass is 10.2.